The molecule has 24 heavy (non-hydrogen) atoms. The molecular formula is C15H10BrNO5S2. The van der Waals surface area contributed by atoms with Crippen molar-refractivity contribution in [2.45, 2.75) is 0 Å². The Balaban J connectivity index is 2.08. The van der Waals surface area contributed by atoms with Crippen LogP contribution >= 0.6 is 39.5 Å². The van der Waals surface area contributed by atoms with E-state index >= 15 is 0 Å². The summed E-state index contributed by atoms with van der Waals surface area (Å²) < 4.78 is 10.8. The van der Waals surface area contributed by atoms with Crippen molar-refractivity contribution in [3.05, 3.63) is 42.3 Å². The molecule has 0 aliphatic carbocycles. The van der Waals surface area contributed by atoms with Gasteiger partial charge in [-0.2, -0.15) is 0 Å². The van der Waals surface area contributed by atoms with Gasteiger partial charge < -0.3 is 14.8 Å². The molecular weight excluding hydrogens is 418 g/mol. The van der Waals surface area contributed by atoms with E-state index in [1.165, 1.54) is 14.2 Å². The van der Waals surface area contributed by atoms with E-state index in [4.69, 9.17) is 9.47 Å². The van der Waals surface area contributed by atoms with E-state index in [-0.39, 0.29) is 15.7 Å². The summed E-state index contributed by atoms with van der Waals surface area (Å²) in [6.45, 7) is 0. The molecule has 1 aromatic carbocycles. The number of carbonyl (C=O) groups is 3. The van der Waals surface area contributed by atoms with Crippen LogP contribution in [0.2, 0.25) is 0 Å². The highest BCUT2D eigenvalue weighted by molar-refractivity contribution is 9.10. The van der Waals surface area contributed by atoms with E-state index in [1.54, 1.807) is 6.07 Å². The van der Waals surface area contributed by atoms with Crippen LogP contribution < -0.4 is 5.32 Å². The number of anilines is 1. The molecule has 0 fully saturated rings. The molecule has 6 nitrogen and oxygen atoms in total. The second-order valence-corrected chi connectivity index (χ2v) is 7.87. The minimum Gasteiger partial charge on any atom is -0.465 e. The summed E-state index contributed by atoms with van der Waals surface area (Å²) >= 11 is 5.45. The number of esters is 2. The second kappa shape index (κ2) is 6.66. The molecule has 2 aliphatic rings. The Morgan fingerprint density at radius 3 is 2.21 bits per heavy atom. The number of hydrogen-bond acceptors (Lipinski definition) is 7. The highest BCUT2D eigenvalue weighted by Crippen LogP contribution is 2.54. The van der Waals surface area contributed by atoms with Gasteiger partial charge in [0.05, 0.1) is 24.0 Å². The number of fused-ring (bicyclic) bond motifs is 1. The third kappa shape index (κ3) is 2.87. The van der Waals surface area contributed by atoms with Crippen molar-refractivity contribution in [1.82, 2.24) is 0 Å². The number of carbonyl (C=O) groups excluding carboxylic acids is 3. The van der Waals surface area contributed by atoms with Gasteiger partial charge in [0, 0.05) is 15.7 Å². The summed E-state index contributed by atoms with van der Waals surface area (Å²) in [5.41, 5.74) is 1.80. The molecule has 2 aliphatic heterocycles. The van der Waals surface area contributed by atoms with Gasteiger partial charge in [0.1, 0.15) is 9.81 Å². The maximum Gasteiger partial charge on any atom is 0.346 e. The van der Waals surface area contributed by atoms with Crippen LogP contribution in [0.5, 0.6) is 0 Å². The molecule has 0 atom stereocenters. The van der Waals surface area contributed by atoms with Crippen molar-refractivity contribution >= 4 is 68.6 Å². The lowest BCUT2D eigenvalue weighted by Crippen LogP contribution is -2.08. The van der Waals surface area contributed by atoms with Gasteiger partial charge in [-0.15, -0.1) is 0 Å². The Labute approximate surface area is 154 Å². The number of hydrogen-bond donors (Lipinski definition) is 1. The molecule has 0 spiro atoms. The number of nitrogens with one attached hydrogen (secondary N) is 1. The molecule has 124 valence electrons. The largest absolute Gasteiger partial charge is 0.465 e. The SMILES string of the molecule is COC(=O)C1=C(C(=O)OC)SC(=C2C(=O)Nc3ccc(Br)cc32)S1. The molecule has 2 heterocycles. The van der Waals surface area contributed by atoms with Crippen LogP contribution in [0.3, 0.4) is 0 Å². The normalized spacial score (nSPS) is 16.2. The predicted octanol–water partition coefficient (Wildman–Crippen LogP) is 3.11. The first-order valence-corrected chi connectivity index (χ1v) is 9.01. The lowest BCUT2D eigenvalue weighted by Gasteiger charge is -2.03. The number of benzene rings is 1. The summed E-state index contributed by atoms with van der Waals surface area (Å²) in [6.07, 6.45) is 0. The number of halogens is 1. The van der Waals surface area contributed by atoms with Crippen molar-refractivity contribution < 1.29 is 23.9 Å². The minimum absolute atomic E-state index is 0.119. The van der Waals surface area contributed by atoms with Crippen LogP contribution in [-0.4, -0.2) is 32.1 Å². The van der Waals surface area contributed by atoms with E-state index in [9.17, 15) is 14.4 Å². The predicted molar refractivity (Wildman–Crippen MR) is 95.9 cm³/mol. The zero-order valence-electron chi connectivity index (χ0n) is 12.5. The Morgan fingerprint density at radius 2 is 1.67 bits per heavy atom. The van der Waals surface area contributed by atoms with Gasteiger partial charge in [0.15, 0.2) is 0 Å². The van der Waals surface area contributed by atoms with Crippen LogP contribution in [-0.2, 0) is 23.9 Å². The molecule has 0 saturated carbocycles. The quantitative estimate of drug-likeness (QED) is 0.573. The average molecular weight is 428 g/mol. The zero-order valence-corrected chi connectivity index (χ0v) is 15.7. The summed E-state index contributed by atoms with van der Waals surface area (Å²) in [6, 6.07) is 5.41. The van der Waals surface area contributed by atoms with Crippen LogP contribution in [0.25, 0.3) is 5.57 Å². The average Bonchev–Trinajstić information content (AvgIpc) is 3.13. The van der Waals surface area contributed by atoms with E-state index in [0.29, 0.717) is 21.1 Å². The first-order chi connectivity index (χ1) is 11.5. The van der Waals surface area contributed by atoms with Crippen LogP contribution in [0.15, 0.2) is 36.7 Å². The van der Waals surface area contributed by atoms with E-state index < -0.39 is 11.9 Å². The monoisotopic (exact) mass is 427 g/mol. The molecule has 9 heteroatoms. The van der Waals surface area contributed by atoms with Crippen molar-refractivity contribution in [3.8, 4) is 0 Å². The maximum absolute atomic E-state index is 12.4. The number of thioether (sulfide) groups is 2. The van der Waals surface area contributed by atoms with Gasteiger partial charge in [-0.05, 0) is 18.2 Å². The maximum atomic E-state index is 12.4. The fourth-order valence-corrected chi connectivity index (χ4v) is 5.14. The van der Waals surface area contributed by atoms with E-state index in [0.717, 1.165) is 28.0 Å². The van der Waals surface area contributed by atoms with Gasteiger partial charge >= 0.3 is 11.9 Å². The van der Waals surface area contributed by atoms with Gasteiger partial charge in [-0.3, -0.25) is 4.79 Å². The van der Waals surface area contributed by atoms with Crippen molar-refractivity contribution in [3.63, 3.8) is 0 Å². The van der Waals surface area contributed by atoms with Crippen molar-refractivity contribution in [2.75, 3.05) is 19.5 Å². The van der Waals surface area contributed by atoms with Gasteiger partial charge in [-0.25, -0.2) is 9.59 Å². The van der Waals surface area contributed by atoms with Gasteiger partial charge in [0.25, 0.3) is 5.91 Å². The first-order valence-electron chi connectivity index (χ1n) is 6.58. The van der Waals surface area contributed by atoms with E-state index in [1.807, 2.05) is 12.1 Å². The molecule has 1 N–H and O–H groups in total. The molecule has 0 aromatic heterocycles. The highest BCUT2D eigenvalue weighted by Gasteiger charge is 2.37. The molecule has 0 radical (unpaired) electrons. The molecule has 1 amide bonds. The van der Waals surface area contributed by atoms with Crippen molar-refractivity contribution in [2.24, 2.45) is 0 Å². The fraction of sp³-hybridized carbons (Fsp3) is 0.133. The van der Waals surface area contributed by atoms with Gasteiger partial charge in [0.2, 0.25) is 0 Å². The molecule has 3 rings (SSSR count). The van der Waals surface area contributed by atoms with Crippen LogP contribution in [0.1, 0.15) is 5.56 Å². The Hall–Kier alpha value is -1.71. The van der Waals surface area contributed by atoms with Crippen LogP contribution in [0.4, 0.5) is 5.69 Å². The lowest BCUT2D eigenvalue weighted by atomic mass is 10.1. The molecule has 0 unspecified atom stereocenters. The van der Waals surface area contributed by atoms with Crippen LogP contribution in [0, 0.1) is 0 Å². The fourth-order valence-electron chi connectivity index (χ4n) is 2.20. The number of rotatable bonds is 2. The topological polar surface area (TPSA) is 81.7 Å². The smallest absolute Gasteiger partial charge is 0.346 e. The Morgan fingerprint density at radius 1 is 1.08 bits per heavy atom. The molecule has 0 saturated heterocycles. The number of amides is 1. The Bertz CT molecular complexity index is 816. The lowest BCUT2D eigenvalue weighted by molar-refractivity contribution is -0.138. The number of ether oxygens (including phenoxy) is 2. The third-order valence-electron chi connectivity index (χ3n) is 3.27. The van der Waals surface area contributed by atoms with E-state index in [2.05, 4.69) is 21.2 Å². The van der Waals surface area contributed by atoms with Crippen molar-refractivity contribution in [1.29, 1.82) is 0 Å². The van der Waals surface area contributed by atoms with Gasteiger partial charge in [-0.1, -0.05) is 39.5 Å². The number of methoxy groups -OCH3 is 2. The molecule has 1 aromatic rings. The minimum atomic E-state index is -0.642. The zero-order chi connectivity index (χ0) is 17.4. The summed E-state index contributed by atoms with van der Waals surface area (Å²) in [5.74, 6) is -1.57. The summed E-state index contributed by atoms with van der Waals surface area (Å²) in [7, 11) is 2.46. The standard InChI is InChI=1S/C15H10BrNO5S2/c1-21-13(19)10-11(14(20)22-2)24-15(23-10)9-7-5-6(16)3-4-8(7)17-12(9)18/h3-5H,1-2H3,(H,17,18). The first kappa shape index (κ1) is 17.1. The summed E-state index contributed by atoms with van der Waals surface area (Å²) in [5, 5.41) is 2.77. The second-order valence-electron chi connectivity index (χ2n) is 4.65. The Kier molecular flexibility index (Phi) is 4.75. The molecule has 0 bridgehead atoms. The summed E-state index contributed by atoms with van der Waals surface area (Å²) in [4.78, 5) is 36.5. The third-order valence-corrected chi connectivity index (χ3v) is 6.32. The highest BCUT2D eigenvalue weighted by atomic mass is 79.9.